The molecule has 0 amide bonds. The van der Waals surface area contributed by atoms with Crippen LogP contribution in [0.25, 0.3) is 0 Å². The highest BCUT2D eigenvalue weighted by Gasteiger charge is 2.27. The molecule has 1 aromatic heterocycles. The highest BCUT2D eigenvalue weighted by molar-refractivity contribution is 5.37. The van der Waals surface area contributed by atoms with Gasteiger partial charge in [0, 0.05) is 31.6 Å². The Balaban J connectivity index is 1.75. The standard InChI is InChI=1S/C13H20N4O/c1-17(8-10-3-2-6-14-10)11-7-12(18)16-13(15-11)9-4-5-9/h7,9-10,14H,2-6,8H2,1H3,(H,15,16,18). The van der Waals surface area contributed by atoms with Gasteiger partial charge in [0.25, 0.3) is 5.56 Å². The summed E-state index contributed by atoms with van der Waals surface area (Å²) in [5.74, 6) is 2.15. The van der Waals surface area contributed by atoms with Crippen molar-refractivity contribution >= 4 is 5.82 Å². The van der Waals surface area contributed by atoms with Crippen LogP contribution in [0.3, 0.4) is 0 Å². The van der Waals surface area contributed by atoms with Crippen molar-refractivity contribution in [1.82, 2.24) is 15.3 Å². The number of aromatic amines is 1. The van der Waals surface area contributed by atoms with E-state index >= 15 is 0 Å². The molecular weight excluding hydrogens is 228 g/mol. The second-order valence-electron chi connectivity index (χ2n) is 5.44. The molecular formula is C13H20N4O. The number of hydrogen-bond acceptors (Lipinski definition) is 4. The van der Waals surface area contributed by atoms with E-state index in [2.05, 4.69) is 20.2 Å². The van der Waals surface area contributed by atoms with Crippen LogP contribution in [0.15, 0.2) is 10.9 Å². The summed E-state index contributed by atoms with van der Waals surface area (Å²) >= 11 is 0. The minimum absolute atomic E-state index is 0.0341. The Kier molecular flexibility index (Phi) is 3.07. The quantitative estimate of drug-likeness (QED) is 0.829. The summed E-state index contributed by atoms with van der Waals surface area (Å²) in [5, 5.41) is 3.47. The molecule has 18 heavy (non-hydrogen) atoms. The number of hydrogen-bond donors (Lipinski definition) is 2. The summed E-state index contributed by atoms with van der Waals surface area (Å²) in [5.41, 5.74) is -0.0341. The van der Waals surface area contributed by atoms with Gasteiger partial charge in [-0.1, -0.05) is 0 Å². The maximum absolute atomic E-state index is 11.6. The second-order valence-corrected chi connectivity index (χ2v) is 5.44. The van der Waals surface area contributed by atoms with E-state index in [1.165, 1.54) is 12.8 Å². The molecule has 2 heterocycles. The van der Waals surface area contributed by atoms with Gasteiger partial charge in [-0.05, 0) is 32.2 Å². The average Bonchev–Trinajstić information content (AvgIpc) is 3.08. The van der Waals surface area contributed by atoms with E-state index in [9.17, 15) is 4.79 Å². The van der Waals surface area contributed by atoms with Crippen molar-refractivity contribution in [3.05, 3.63) is 22.2 Å². The molecule has 98 valence electrons. The van der Waals surface area contributed by atoms with Gasteiger partial charge in [0.2, 0.25) is 0 Å². The molecule has 1 aliphatic heterocycles. The number of nitrogens with one attached hydrogen (secondary N) is 2. The van der Waals surface area contributed by atoms with Gasteiger partial charge < -0.3 is 15.2 Å². The maximum Gasteiger partial charge on any atom is 0.252 e. The molecule has 1 aliphatic carbocycles. The molecule has 0 spiro atoms. The molecule has 0 radical (unpaired) electrons. The molecule has 2 aliphatic rings. The van der Waals surface area contributed by atoms with E-state index in [1.54, 1.807) is 6.07 Å². The van der Waals surface area contributed by atoms with Gasteiger partial charge in [-0.2, -0.15) is 0 Å². The van der Waals surface area contributed by atoms with Crippen LogP contribution in [0, 0.1) is 0 Å². The first-order valence-corrected chi connectivity index (χ1v) is 6.78. The summed E-state index contributed by atoms with van der Waals surface area (Å²) < 4.78 is 0. The smallest absolute Gasteiger partial charge is 0.252 e. The molecule has 5 heteroatoms. The number of anilines is 1. The van der Waals surface area contributed by atoms with Gasteiger partial charge in [-0.15, -0.1) is 0 Å². The molecule has 1 atom stereocenters. The molecule has 1 saturated heterocycles. The predicted molar refractivity (Wildman–Crippen MR) is 71.1 cm³/mol. The molecule has 2 fully saturated rings. The fourth-order valence-corrected chi connectivity index (χ4v) is 2.55. The zero-order valence-corrected chi connectivity index (χ0v) is 10.8. The first-order chi connectivity index (χ1) is 8.72. The lowest BCUT2D eigenvalue weighted by Gasteiger charge is -2.22. The first kappa shape index (κ1) is 11.7. The van der Waals surface area contributed by atoms with Crippen molar-refractivity contribution in [3.63, 3.8) is 0 Å². The van der Waals surface area contributed by atoms with Gasteiger partial charge in [0.15, 0.2) is 0 Å². The number of H-pyrrole nitrogens is 1. The lowest BCUT2D eigenvalue weighted by molar-refractivity contribution is 0.596. The van der Waals surface area contributed by atoms with Crippen LogP contribution in [-0.4, -0.2) is 36.1 Å². The minimum atomic E-state index is -0.0341. The lowest BCUT2D eigenvalue weighted by Crippen LogP contribution is -2.36. The summed E-state index contributed by atoms with van der Waals surface area (Å²) in [4.78, 5) is 21.2. The summed E-state index contributed by atoms with van der Waals surface area (Å²) in [6, 6.07) is 2.13. The zero-order valence-electron chi connectivity index (χ0n) is 10.8. The topological polar surface area (TPSA) is 61.0 Å². The molecule has 0 bridgehead atoms. The van der Waals surface area contributed by atoms with Gasteiger partial charge in [0.1, 0.15) is 11.6 Å². The number of aromatic nitrogens is 2. The summed E-state index contributed by atoms with van der Waals surface area (Å²) in [6.45, 7) is 2.02. The summed E-state index contributed by atoms with van der Waals surface area (Å²) in [7, 11) is 2.01. The van der Waals surface area contributed by atoms with Crippen molar-refractivity contribution in [2.24, 2.45) is 0 Å². The third-order valence-corrected chi connectivity index (χ3v) is 3.76. The predicted octanol–water partition coefficient (Wildman–Crippen LogP) is 0.835. The van der Waals surface area contributed by atoms with E-state index in [0.717, 1.165) is 37.6 Å². The Labute approximate surface area is 107 Å². The Bertz CT molecular complexity index is 474. The maximum atomic E-state index is 11.6. The monoisotopic (exact) mass is 248 g/mol. The second kappa shape index (κ2) is 4.72. The van der Waals surface area contributed by atoms with Crippen LogP contribution in [-0.2, 0) is 0 Å². The average molecular weight is 248 g/mol. The van der Waals surface area contributed by atoms with Crippen LogP contribution >= 0.6 is 0 Å². The SMILES string of the molecule is CN(CC1CCCN1)c1cc(=O)[nH]c(C2CC2)n1. The lowest BCUT2D eigenvalue weighted by atomic mass is 10.2. The van der Waals surface area contributed by atoms with Crippen molar-refractivity contribution in [2.45, 2.75) is 37.6 Å². The van der Waals surface area contributed by atoms with Crippen LogP contribution in [0.2, 0.25) is 0 Å². The van der Waals surface area contributed by atoms with Crippen LogP contribution in [0.4, 0.5) is 5.82 Å². The fourth-order valence-electron chi connectivity index (χ4n) is 2.55. The zero-order chi connectivity index (χ0) is 12.5. The van der Waals surface area contributed by atoms with Gasteiger partial charge in [-0.3, -0.25) is 4.79 Å². The molecule has 0 aromatic carbocycles. The summed E-state index contributed by atoms with van der Waals surface area (Å²) in [6.07, 6.45) is 4.76. The Morgan fingerprint density at radius 1 is 1.44 bits per heavy atom. The van der Waals surface area contributed by atoms with Gasteiger partial charge in [0.05, 0.1) is 0 Å². The van der Waals surface area contributed by atoms with Crippen molar-refractivity contribution in [3.8, 4) is 0 Å². The highest BCUT2D eigenvalue weighted by atomic mass is 16.1. The normalized spacial score (nSPS) is 23.3. The van der Waals surface area contributed by atoms with E-state index in [0.29, 0.717) is 12.0 Å². The third-order valence-electron chi connectivity index (χ3n) is 3.76. The van der Waals surface area contributed by atoms with Crippen molar-refractivity contribution in [1.29, 1.82) is 0 Å². The van der Waals surface area contributed by atoms with E-state index in [-0.39, 0.29) is 5.56 Å². The molecule has 1 saturated carbocycles. The molecule has 3 rings (SSSR count). The van der Waals surface area contributed by atoms with E-state index in [1.807, 2.05) is 7.05 Å². The Morgan fingerprint density at radius 3 is 2.94 bits per heavy atom. The van der Waals surface area contributed by atoms with Gasteiger partial charge >= 0.3 is 0 Å². The molecule has 1 unspecified atom stereocenters. The van der Waals surface area contributed by atoms with E-state index < -0.39 is 0 Å². The van der Waals surface area contributed by atoms with Crippen LogP contribution < -0.4 is 15.8 Å². The number of rotatable bonds is 4. The van der Waals surface area contributed by atoms with Crippen molar-refractivity contribution in [2.75, 3.05) is 25.0 Å². The third kappa shape index (κ3) is 2.56. The van der Waals surface area contributed by atoms with E-state index in [4.69, 9.17) is 0 Å². The van der Waals surface area contributed by atoms with Gasteiger partial charge in [-0.25, -0.2) is 4.98 Å². The molecule has 2 N–H and O–H groups in total. The largest absolute Gasteiger partial charge is 0.358 e. The Hall–Kier alpha value is -1.36. The number of likely N-dealkylation sites (N-methyl/N-ethyl adjacent to an activating group) is 1. The Morgan fingerprint density at radius 2 is 2.28 bits per heavy atom. The van der Waals surface area contributed by atoms with Crippen LogP contribution in [0.1, 0.15) is 37.4 Å². The fraction of sp³-hybridized carbons (Fsp3) is 0.692. The van der Waals surface area contributed by atoms with Crippen molar-refractivity contribution < 1.29 is 0 Å². The molecule has 5 nitrogen and oxygen atoms in total. The number of nitrogens with zero attached hydrogens (tertiary/aromatic N) is 2. The highest BCUT2D eigenvalue weighted by Crippen LogP contribution is 2.37. The minimum Gasteiger partial charge on any atom is -0.358 e. The molecule has 1 aromatic rings. The first-order valence-electron chi connectivity index (χ1n) is 6.78. The van der Waals surface area contributed by atoms with Crippen LogP contribution in [0.5, 0.6) is 0 Å².